The molecule has 1 aromatic carbocycles. The van der Waals surface area contributed by atoms with Gasteiger partial charge in [-0.15, -0.1) is 0 Å². The Labute approximate surface area is 179 Å². The molecule has 3 aromatic rings. The first-order chi connectivity index (χ1) is 15.0. The second-order valence-electron chi connectivity index (χ2n) is 7.56. The van der Waals surface area contributed by atoms with E-state index in [1.807, 2.05) is 29.2 Å². The van der Waals surface area contributed by atoms with E-state index in [0.29, 0.717) is 42.6 Å². The summed E-state index contributed by atoms with van der Waals surface area (Å²) >= 11 is 0. The second-order valence-corrected chi connectivity index (χ2v) is 7.56. The quantitative estimate of drug-likeness (QED) is 0.619. The lowest BCUT2D eigenvalue weighted by atomic mass is 9.73. The van der Waals surface area contributed by atoms with E-state index in [1.165, 1.54) is 0 Å². The Bertz CT molecular complexity index is 1130. The molecule has 0 spiro atoms. The van der Waals surface area contributed by atoms with Crippen LogP contribution in [0.5, 0.6) is 5.75 Å². The number of carbonyl (C=O) groups excluding carboxylic acids is 1. The Balaban J connectivity index is 1.55. The molecule has 1 N–H and O–H groups in total. The number of hydrogen-bond donors (Lipinski definition) is 1. The van der Waals surface area contributed by atoms with E-state index >= 15 is 0 Å². The third-order valence-electron chi connectivity index (χ3n) is 5.33. The molecule has 1 aliphatic heterocycles. The van der Waals surface area contributed by atoms with Gasteiger partial charge in [-0.05, 0) is 36.2 Å². The zero-order chi connectivity index (χ0) is 21.8. The van der Waals surface area contributed by atoms with Crippen molar-refractivity contribution in [2.24, 2.45) is 5.41 Å². The van der Waals surface area contributed by atoms with Gasteiger partial charge in [-0.3, -0.25) is 4.79 Å². The second kappa shape index (κ2) is 8.44. The normalized spacial score (nSPS) is 14.4. The fraction of sp³-hybridized carbons (Fsp3) is 0.318. The highest BCUT2D eigenvalue weighted by atomic mass is 16.5. The summed E-state index contributed by atoms with van der Waals surface area (Å²) in [7, 11) is 1.62. The van der Waals surface area contributed by atoms with Crippen LogP contribution in [0, 0.1) is 23.7 Å². The summed E-state index contributed by atoms with van der Waals surface area (Å²) in [5.41, 5.74) is 0.793. The van der Waals surface area contributed by atoms with E-state index in [1.54, 1.807) is 32.4 Å². The van der Waals surface area contributed by atoms with Crippen LogP contribution in [0.15, 0.2) is 47.1 Å². The van der Waals surface area contributed by atoms with Crippen LogP contribution in [-0.2, 0) is 17.8 Å². The molecule has 31 heavy (non-hydrogen) atoms. The van der Waals surface area contributed by atoms with Gasteiger partial charge in [0.25, 0.3) is 0 Å². The maximum Gasteiger partial charge on any atom is 0.230 e. The number of methoxy groups -OCH3 is 1. The van der Waals surface area contributed by atoms with Crippen molar-refractivity contribution < 1.29 is 14.1 Å². The molecule has 1 fully saturated rings. The third-order valence-corrected chi connectivity index (χ3v) is 5.33. The van der Waals surface area contributed by atoms with Crippen LogP contribution in [0.4, 0.5) is 5.82 Å². The molecule has 158 valence electrons. The van der Waals surface area contributed by atoms with Crippen LogP contribution >= 0.6 is 0 Å². The van der Waals surface area contributed by atoms with Crippen LogP contribution in [-0.4, -0.2) is 41.2 Å². The summed E-state index contributed by atoms with van der Waals surface area (Å²) in [6, 6.07) is 13.3. The molecular formula is C22H22N6O3. The van der Waals surface area contributed by atoms with E-state index in [2.05, 4.69) is 26.5 Å². The first-order valence-electron chi connectivity index (χ1n) is 9.83. The number of nitrogens with zero attached hydrogens (tertiary/aromatic N) is 5. The first kappa shape index (κ1) is 20.3. The summed E-state index contributed by atoms with van der Waals surface area (Å²) in [5, 5.41) is 16.2. The minimum atomic E-state index is -0.685. The van der Waals surface area contributed by atoms with Crippen LogP contribution in [0.1, 0.15) is 22.8 Å². The molecule has 1 saturated heterocycles. The highest BCUT2D eigenvalue weighted by Gasteiger charge is 2.50. The van der Waals surface area contributed by atoms with E-state index < -0.39 is 5.41 Å². The lowest BCUT2D eigenvalue weighted by Crippen LogP contribution is -2.64. The number of benzene rings is 1. The van der Waals surface area contributed by atoms with Crippen molar-refractivity contribution in [3.63, 3.8) is 0 Å². The monoisotopic (exact) mass is 418 g/mol. The highest BCUT2D eigenvalue weighted by Crippen LogP contribution is 2.38. The van der Waals surface area contributed by atoms with Crippen molar-refractivity contribution in [1.29, 1.82) is 5.26 Å². The number of nitrogens with one attached hydrogen (secondary N) is 1. The molecule has 0 radical (unpaired) electrons. The number of carbonyl (C=O) groups is 1. The number of ether oxygens (including phenoxy) is 1. The van der Waals surface area contributed by atoms with Crippen LogP contribution in [0.3, 0.4) is 0 Å². The van der Waals surface area contributed by atoms with E-state index in [0.717, 1.165) is 11.3 Å². The SMILES string of the molecule is COc1cccc(CC2(C(=O)NCc3noc(C)n3)CN(c3ncccc3C#N)C2)c1. The number of amides is 1. The van der Waals surface area contributed by atoms with Crippen molar-refractivity contribution in [3.8, 4) is 11.8 Å². The average Bonchev–Trinajstić information content (AvgIpc) is 3.19. The van der Waals surface area contributed by atoms with E-state index in [9.17, 15) is 10.1 Å². The Morgan fingerprint density at radius 3 is 2.90 bits per heavy atom. The fourth-order valence-electron chi connectivity index (χ4n) is 3.84. The summed E-state index contributed by atoms with van der Waals surface area (Å²) in [5.74, 6) is 2.10. The van der Waals surface area contributed by atoms with Gasteiger partial charge in [0.15, 0.2) is 5.82 Å². The predicted molar refractivity (Wildman–Crippen MR) is 111 cm³/mol. The lowest BCUT2D eigenvalue weighted by Gasteiger charge is -2.49. The van der Waals surface area contributed by atoms with Crippen molar-refractivity contribution in [2.75, 3.05) is 25.1 Å². The maximum absolute atomic E-state index is 13.3. The molecule has 1 amide bonds. The predicted octanol–water partition coefficient (Wildman–Crippen LogP) is 2.02. The molecule has 0 aliphatic carbocycles. The third kappa shape index (κ3) is 4.19. The molecule has 9 heteroatoms. The van der Waals surface area contributed by atoms with Crippen LogP contribution < -0.4 is 15.0 Å². The van der Waals surface area contributed by atoms with Crippen molar-refractivity contribution in [2.45, 2.75) is 19.9 Å². The standard InChI is InChI=1S/C22H22N6O3/c1-15-26-19(27-31-15)12-25-21(29)22(10-16-5-3-7-18(9-16)30-2)13-28(14-22)20-17(11-23)6-4-8-24-20/h3-9H,10,12-14H2,1-2H3,(H,25,29). The van der Waals surface area contributed by atoms with Gasteiger partial charge < -0.3 is 19.5 Å². The Hall–Kier alpha value is -3.93. The van der Waals surface area contributed by atoms with Gasteiger partial charge in [-0.1, -0.05) is 17.3 Å². The fourth-order valence-corrected chi connectivity index (χ4v) is 3.84. The maximum atomic E-state index is 13.3. The van der Waals surface area contributed by atoms with E-state index in [4.69, 9.17) is 9.26 Å². The Morgan fingerprint density at radius 1 is 1.35 bits per heavy atom. The van der Waals surface area contributed by atoms with Crippen molar-refractivity contribution >= 4 is 11.7 Å². The number of pyridine rings is 1. The summed E-state index contributed by atoms with van der Waals surface area (Å²) in [6.07, 6.45) is 2.17. The summed E-state index contributed by atoms with van der Waals surface area (Å²) in [4.78, 5) is 23.7. The minimum Gasteiger partial charge on any atom is -0.497 e. The Kier molecular flexibility index (Phi) is 5.54. The molecule has 0 atom stereocenters. The van der Waals surface area contributed by atoms with E-state index in [-0.39, 0.29) is 12.5 Å². The van der Waals surface area contributed by atoms with Crippen molar-refractivity contribution in [3.05, 3.63) is 65.4 Å². The molecule has 1 aliphatic rings. The number of anilines is 1. The lowest BCUT2D eigenvalue weighted by molar-refractivity contribution is -0.132. The Morgan fingerprint density at radius 2 is 2.19 bits per heavy atom. The molecule has 9 nitrogen and oxygen atoms in total. The molecule has 0 unspecified atom stereocenters. The van der Waals surface area contributed by atoms with Crippen LogP contribution in [0.25, 0.3) is 0 Å². The van der Waals surface area contributed by atoms with Gasteiger partial charge in [-0.2, -0.15) is 10.2 Å². The molecule has 0 bridgehead atoms. The summed E-state index contributed by atoms with van der Waals surface area (Å²) < 4.78 is 10.3. The number of aromatic nitrogens is 3. The van der Waals surface area contributed by atoms with Gasteiger partial charge in [0.2, 0.25) is 11.8 Å². The molecule has 3 heterocycles. The van der Waals surface area contributed by atoms with Gasteiger partial charge in [0, 0.05) is 26.2 Å². The summed E-state index contributed by atoms with van der Waals surface area (Å²) in [6.45, 7) is 2.76. The number of aryl methyl sites for hydroxylation is 1. The van der Waals surface area contributed by atoms with Gasteiger partial charge in [-0.25, -0.2) is 4.98 Å². The molecule has 2 aromatic heterocycles. The first-order valence-corrected chi connectivity index (χ1v) is 9.83. The molecular weight excluding hydrogens is 396 g/mol. The number of rotatable bonds is 7. The van der Waals surface area contributed by atoms with Crippen LogP contribution in [0.2, 0.25) is 0 Å². The molecule has 4 rings (SSSR count). The average molecular weight is 418 g/mol. The van der Waals surface area contributed by atoms with Gasteiger partial charge >= 0.3 is 0 Å². The topological polar surface area (TPSA) is 117 Å². The van der Waals surface area contributed by atoms with Gasteiger partial charge in [0.1, 0.15) is 17.6 Å². The zero-order valence-electron chi connectivity index (χ0n) is 17.3. The smallest absolute Gasteiger partial charge is 0.230 e. The van der Waals surface area contributed by atoms with Gasteiger partial charge in [0.05, 0.1) is 24.6 Å². The largest absolute Gasteiger partial charge is 0.497 e. The molecule has 0 saturated carbocycles. The number of hydrogen-bond acceptors (Lipinski definition) is 8. The highest BCUT2D eigenvalue weighted by molar-refractivity contribution is 5.86. The minimum absolute atomic E-state index is 0.108. The zero-order valence-corrected chi connectivity index (χ0v) is 17.3. The number of nitriles is 1. The van der Waals surface area contributed by atoms with Crippen molar-refractivity contribution in [1.82, 2.24) is 20.4 Å².